The van der Waals surface area contributed by atoms with Crippen LogP contribution in [0.1, 0.15) is 36.7 Å². The Morgan fingerprint density at radius 3 is 2.21 bits per heavy atom. The van der Waals surface area contributed by atoms with Crippen molar-refractivity contribution >= 4 is 5.91 Å². The molecule has 1 N–H and O–H groups in total. The van der Waals surface area contributed by atoms with Gasteiger partial charge in [-0.3, -0.25) is 9.69 Å². The van der Waals surface area contributed by atoms with Gasteiger partial charge in [0.25, 0.3) is 5.91 Å². The molecule has 5 heteroatoms. The maximum atomic E-state index is 12.5. The molecule has 1 aliphatic rings. The smallest absolute Gasteiger partial charge is 0.253 e. The molecule has 1 amide bonds. The van der Waals surface area contributed by atoms with Crippen LogP contribution in [0, 0.1) is 0 Å². The molecular weight excluding hydrogens is 364 g/mol. The van der Waals surface area contributed by atoms with Crippen molar-refractivity contribution in [3.05, 3.63) is 65.7 Å². The lowest BCUT2D eigenvalue weighted by molar-refractivity contribution is 0.0403. The molecule has 0 aliphatic carbocycles. The Hall–Kier alpha value is -2.37. The van der Waals surface area contributed by atoms with E-state index in [0.29, 0.717) is 19.6 Å². The van der Waals surface area contributed by atoms with Crippen LogP contribution in [0.15, 0.2) is 54.6 Å². The lowest BCUT2D eigenvalue weighted by atomic mass is 9.87. The third-order valence-corrected chi connectivity index (χ3v) is 5.31. The van der Waals surface area contributed by atoms with Crippen molar-refractivity contribution in [1.82, 2.24) is 9.80 Å². The number of carbonyl (C=O) groups is 1. The summed E-state index contributed by atoms with van der Waals surface area (Å²) in [7, 11) is 0. The summed E-state index contributed by atoms with van der Waals surface area (Å²) in [4.78, 5) is 16.6. The van der Waals surface area contributed by atoms with Crippen molar-refractivity contribution < 1.29 is 14.6 Å². The van der Waals surface area contributed by atoms with Crippen LogP contribution in [0.2, 0.25) is 0 Å². The van der Waals surface area contributed by atoms with Gasteiger partial charge in [0.05, 0.1) is 0 Å². The van der Waals surface area contributed by atoms with Gasteiger partial charge in [0.1, 0.15) is 18.5 Å². The monoisotopic (exact) mass is 396 g/mol. The van der Waals surface area contributed by atoms with Crippen LogP contribution >= 0.6 is 0 Å². The highest BCUT2D eigenvalue weighted by Crippen LogP contribution is 2.24. The SMILES string of the molecule is CC(C)(C)c1ccc(OC[C@H](O)CN2CCN(C(=O)c3ccccc3)CC2)cc1. The molecule has 1 saturated heterocycles. The van der Waals surface area contributed by atoms with E-state index in [0.717, 1.165) is 24.4 Å². The molecule has 1 aliphatic heterocycles. The number of hydrogen-bond acceptors (Lipinski definition) is 4. The Labute approximate surface area is 173 Å². The Bertz CT molecular complexity index is 776. The first-order valence-electron chi connectivity index (χ1n) is 10.3. The van der Waals surface area contributed by atoms with Gasteiger partial charge in [0, 0.05) is 38.3 Å². The number of β-amino-alcohol motifs (C(OH)–C–C–N with tert-alkyl or cyclic N) is 1. The molecule has 0 bridgehead atoms. The molecule has 0 aromatic heterocycles. The minimum Gasteiger partial charge on any atom is -0.491 e. The number of ether oxygens (including phenoxy) is 1. The van der Waals surface area contributed by atoms with E-state index in [1.165, 1.54) is 5.56 Å². The third-order valence-electron chi connectivity index (χ3n) is 5.31. The van der Waals surface area contributed by atoms with Crippen LogP contribution in [0.5, 0.6) is 5.75 Å². The average molecular weight is 397 g/mol. The molecule has 5 nitrogen and oxygen atoms in total. The fourth-order valence-corrected chi connectivity index (χ4v) is 3.49. The largest absolute Gasteiger partial charge is 0.491 e. The molecule has 1 fully saturated rings. The fourth-order valence-electron chi connectivity index (χ4n) is 3.49. The molecule has 1 atom stereocenters. The second-order valence-corrected chi connectivity index (χ2v) is 8.70. The number of aliphatic hydroxyl groups is 1. The standard InChI is InChI=1S/C24H32N2O3/c1-24(2,3)20-9-11-22(12-10-20)29-18-21(27)17-25-13-15-26(16-14-25)23(28)19-7-5-4-6-8-19/h4-12,21,27H,13-18H2,1-3H3/t21-/m1/s1. The molecule has 0 unspecified atom stereocenters. The number of amides is 1. The summed E-state index contributed by atoms with van der Waals surface area (Å²) >= 11 is 0. The molecule has 156 valence electrons. The normalized spacial score (nSPS) is 16.5. The number of nitrogens with zero attached hydrogens (tertiary/aromatic N) is 2. The highest BCUT2D eigenvalue weighted by atomic mass is 16.5. The minimum absolute atomic E-state index is 0.0767. The van der Waals surface area contributed by atoms with Gasteiger partial charge in [-0.25, -0.2) is 0 Å². The quantitative estimate of drug-likeness (QED) is 0.815. The minimum atomic E-state index is -0.561. The summed E-state index contributed by atoms with van der Waals surface area (Å²) in [5.41, 5.74) is 2.10. The second kappa shape index (κ2) is 9.42. The van der Waals surface area contributed by atoms with E-state index in [1.807, 2.05) is 47.4 Å². The molecule has 2 aromatic rings. The molecule has 29 heavy (non-hydrogen) atoms. The Morgan fingerprint density at radius 1 is 1.00 bits per heavy atom. The van der Waals surface area contributed by atoms with E-state index >= 15 is 0 Å². The van der Waals surface area contributed by atoms with Crippen LogP contribution < -0.4 is 4.74 Å². The molecule has 2 aromatic carbocycles. The lowest BCUT2D eigenvalue weighted by Crippen LogP contribution is -2.50. The van der Waals surface area contributed by atoms with Gasteiger partial charge in [-0.15, -0.1) is 0 Å². The van der Waals surface area contributed by atoms with Crippen molar-refractivity contribution in [3.8, 4) is 5.75 Å². The second-order valence-electron chi connectivity index (χ2n) is 8.70. The van der Waals surface area contributed by atoms with Gasteiger partial charge in [0.2, 0.25) is 0 Å². The van der Waals surface area contributed by atoms with Crippen molar-refractivity contribution in [3.63, 3.8) is 0 Å². The van der Waals surface area contributed by atoms with Gasteiger partial charge in [-0.05, 0) is 35.2 Å². The number of benzene rings is 2. The zero-order chi connectivity index (χ0) is 20.9. The summed E-state index contributed by atoms with van der Waals surface area (Å²) in [6.07, 6.45) is -0.561. The average Bonchev–Trinajstić information content (AvgIpc) is 2.72. The van der Waals surface area contributed by atoms with E-state index in [4.69, 9.17) is 4.74 Å². The van der Waals surface area contributed by atoms with Crippen molar-refractivity contribution in [1.29, 1.82) is 0 Å². The summed E-state index contributed by atoms with van der Waals surface area (Å²) in [6.45, 7) is 10.2. The van der Waals surface area contributed by atoms with E-state index in [9.17, 15) is 9.90 Å². The Morgan fingerprint density at radius 2 is 1.62 bits per heavy atom. The summed E-state index contributed by atoms with van der Waals surface area (Å²) in [5.74, 6) is 0.850. The van der Waals surface area contributed by atoms with Crippen LogP contribution in [-0.4, -0.2) is 66.2 Å². The number of rotatable bonds is 6. The van der Waals surface area contributed by atoms with Gasteiger partial charge in [-0.2, -0.15) is 0 Å². The number of aliphatic hydroxyl groups excluding tert-OH is 1. The summed E-state index contributed by atoms with van der Waals surface area (Å²) in [5, 5.41) is 10.4. The first kappa shape index (κ1) is 21.3. The number of piperazine rings is 1. The Kier molecular flexibility index (Phi) is 6.93. The van der Waals surface area contributed by atoms with Crippen molar-refractivity contribution in [2.45, 2.75) is 32.3 Å². The maximum Gasteiger partial charge on any atom is 0.253 e. The van der Waals surface area contributed by atoms with Crippen LogP contribution in [0.25, 0.3) is 0 Å². The molecule has 0 spiro atoms. The topological polar surface area (TPSA) is 53.0 Å². The first-order valence-corrected chi connectivity index (χ1v) is 10.3. The van der Waals surface area contributed by atoms with E-state index < -0.39 is 6.10 Å². The van der Waals surface area contributed by atoms with Crippen LogP contribution in [0.3, 0.4) is 0 Å². The number of hydrogen-bond donors (Lipinski definition) is 1. The predicted molar refractivity (Wildman–Crippen MR) is 115 cm³/mol. The molecular formula is C24H32N2O3. The van der Waals surface area contributed by atoms with Gasteiger partial charge in [-0.1, -0.05) is 51.1 Å². The molecule has 0 radical (unpaired) electrons. The first-order chi connectivity index (χ1) is 13.8. The van der Waals surface area contributed by atoms with Gasteiger partial charge < -0.3 is 14.7 Å². The van der Waals surface area contributed by atoms with Gasteiger partial charge >= 0.3 is 0 Å². The zero-order valence-corrected chi connectivity index (χ0v) is 17.7. The van der Waals surface area contributed by atoms with Gasteiger partial charge in [0.15, 0.2) is 0 Å². The number of carbonyl (C=O) groups excluding carboxylic acids is 1. The van der Waals surface area contributed by atoms with Crippen LogP contribution in [-0.2, 0) is 5.41 Å². The third kappa shape index (κ3) is 6.05. The van der Waals surface area contributed by atoms with E-state index in [1.54, 1.807) is 0 Å². The highest BCUT2D eigenvalue weighted by Gasteiger charge is 2.23. The predicted octanol–water partition coefficient (Wildman–Crippen LogP) is 3.18. The fraction of sp³-hybridized carbons (Fsp3) is 0.458. The molecule has 1 heterocycles. The van der Waals surface area contributed by atoms with E-state index in [-0.39, 0.29) is 17.9 Å². The lowest BCUT2D eigenvalue weighted by Gasteiger charge is -2.35. The van der Waals surface area contributed by atoms with E-state index in [2.05, 4.69) is 37.8 Å². The van der Waals surface area contributed by atoms with Crippen LogP contribution in [0.4, 0.5) is 0 Å². The molecule has 0 saturated carbocycles. The Balaban J connectivity index is 1.40. The highest BCUT2D eigenvalue weighted by molar-refractivity contribution is 5.94. The summed E-state index contributed by atoms with van der Waals surface area (Å²) in [6, 6.07) is 17.5. The van der Waals surface area contributed by atoms with Crippen molar-refractivity contribution in [2.24, 2.45) is 0 Å². The summed E-state index contributed by atoms with van der Waals surface area (Å²) < 4.78 is 5.75. The maximum absolute atomic E-state index is 12.5. The molecule has 3 rings (SSSR count). The van der Waals surface area contributed by atoms with Crippen molar-refractivity contribution in [2.75, 3.05) is 39.3 Å². The zero-order valence-electron chi connectivity index (χ0n) is 17.7.